The van der Waals surface area contributed by atoms with Crippen LogP contribution in [-0.4, -0.2) is 23.0 Å². The molecule has 1 heterocycles. The van der Waals surface area contributed by atoms with Gasteiger partial charge in [-0.3, -0.25) is 9.69 Å². The van der Waals surface area contributed by atoms with Crippen LogP contribution in [0.25, 0.3) is 0 Å². The van der Waals surface area contributed by atoms with Crippen LogP contribution in [0, 0.1) is 13.8 Å². The minimum absolute atomic E-state index is 0.0507. The second-order valence-electron chi connectivity index (χ2n) is 5.78. The van der Waals surface area contributed by atoms with E-state index in [-0.39, 0.29) is 5.91 Å². The highest BCUT2D eigenvalue weighted by Crippen LogP contribution is 2.35. The highest BCUT2D eigenvalue weighted by molar-refractivity contribution is 7.80. The van der Waals surface area contributed by atoms with Gasteiger partial charge in [0.25, 0.3) is 5.91 Å². The normalized spacial score (nSPS) is 16.8. The molecule has 0 aliphatic carbocycles. The molecule has 0 atom stereocenters. The Kier molecular flexibility index (Phi) is 3.49. The molecule has 3 nitrogen and oxygen atoms in total. The smallest absolute Gasteiger partial charge is 0.263 e. The van der Waals surface area contributed by atoms with Crippen LogP contribution in [0.5, 0.6) is 0 Å². The lowest BCUT2D eigenvalue weighted by molar-refractivity contribution is -0.129. The first-order valence-corrected chi connectivity index (χ1v) is 7.60. The Morgan fingerprint density at radius 1 is 0.909 bits per heavy atom. The lowest BCUT2D eigenvalue weighted by Gasteiger charge is -2.28. The number of nitrogens with zero attached hydrogens (tertiary/aromatic N) is 1. The van der Waals surface area contributed by atoms with E-state index in [4.69, 9.17) is 12.2 Å². The first kappa shape index (κ1) is 14.7. The van der Waals surface area contributed by atoms with Gasteiger partial charge in [0.1, 0.15) is 0 Å². The minimum atomic E-state index is -0.937. The summed E-state index contributed by atoms with van der Waals surface area (Å²) in [5.74, 6) is -0.0507. The van der Waals surface area contributed by atoms with Gasteiger partial charge in [0, 0.05) is 7.05 Å². The first-order chi connectivity index (χ1) is 10.4. The zero-order valence-electron chi connectivity index (χ0n) is 12.9. The largest absolute Gasteiger partial charge is 0.341 e. The number of carbonyl (C=O) groups excluding carboxylic acids is 1. The van der Waals surface area contributed by atoms with Crippen LogP contribution in [0.3, 0.4) is 0 Å². The van der Waals surface area contributed by atoms with E-state index in [0.29, 0.717) is 5.11 Å². The number of benzene rings is 2. The number of amides is 1. The fraction of sp³-hybridized carbons (Fsp3) is 0.222. The molecule has 1 saturated heterocycles. The van der Waals surface area contributed by atoms with E-state index in [0.717, 1.165) is 22.3 Å². The summed E-state index contributed by atoms with van der Waals surface area (Å²) in [4.78, 5) is 14.5. The van der Waals surface area contributed by atoms with Crippen molar-refractivity contribution in [2.24, 2.45) is 0 Å². The molecule has 0 unspecified atom stereocenters. The summed E-state index contributed by atoms with van der Waals surface area (Å²) in [6.07, 6.45) is 0. The van der Waals surface area contributed by atoms with E-state index in [9.17, 15) is 4.79 Å². The Labute approximate surface area is 136 Å². The van der Waals surface area contributed by atoms with Crippen molar-refractivity contribution < 1.29 is 4.79 Å². The average molecular weight is 310 g/mol. The summed E-state index contributed by atoms with van der Waals surface area (Å²) in [6, 6.07) is 16.0. The van der Waals surface area contributed by atoms with Crippen LogP contribution in [0.1, 0.15) is 22.3 Å². The van der Waals surface area contributed by atoms with E-state index in [1.165, 1.54) is 4.90 Å². The van der Waals surface area contributed by atoms with Gasteiger partial charge in [0.05, 0.1) is 0 Å². The third-order valence-corrected chi connectivity index (χ3v) is 4.57. The maximum Gasteiger partial charge on any atom is 0.263 e. The molecular weight excluding hydrogens is 292 g/mol. The molecule has 1 aliphatic rings. The Bertz CT molecular complexity index is 689. The van der Waals surface area contributed by atoms with Crippen molar-refractivity contribution in [3.8, 4) is 0 Å². The topological polar surface area (TPSA) is 32.3 Å². The van der Waals surface area contributed by atoms with Gasteiger partial charge in [-0.2, -0.15) is 0 Å². The Morgan fingerprint density at radius 3 is 1.64 bits per heavy atom. The Hall–Kier alpha value is -2.20. The van der Waals surface area contributed by atoms with Crippen LogP contribution in [-0.2, 0) is 10.3 Å². The predicted molar refractivity (Wildman–Crippen MR) is 91.6 cm³/mol. The summed E-state index contributed by atoms with van der Waals surface area (Å²) in [5, 5.41) is 3.70. The van der Waals surface area contributed by atoms with Crippen molar-refractivity contribution in [2.75, 3.05) is 7.05 Å². The molecule has 3 rings (SSSR count). The van der Waals surface area contributed by atoms with Gasteiger partial charge in [0.15, 0.2) is 10.7 Å². The SMILES string of the molecule is Cc1ccc(C2(c3ccc(C)cc3)NC(=S)N(C)C2=O)cc1. The molecule has 1 N–H and O–H groups in total. The molecule has 22 heavy (non-hydrogen) atoms. The van der Waals surface area contributed by atoms with Gasteiger partial charge in [-0.1, -0.05) is 59.7 Å². The number of nitrogens with one attached hydrogen (secondary N) is 1. The molecule has 0 aromatic heterocycles. The molecule has 112 valence electrons. The third-order valence-electron chi connectivity index (χ3n) is 4.19. The summed E-state index contributed by atoms with van der Waals surface area (Å²) in [7, 11) is 1.71. The minimum Gasteiger partial charge on any atom is -0.341 e. The van der Waals surface area contributed by atoms with E-state index in [2.05, 4.69) is 5.32 Å². The molecule has 2 aromatic rings. The van der Waals surface area contributed by atoms with Crippen molar-refractivity contribution in [3.63, 3.8) is 0 Å². The number of carbonyl (C=O) groups is 1. The monoisotopic (exact) mass is 310 g/mol. The molecule has 0 bridgehead atoms. The van der Waals surface area contributed by atoms with Crippen molar-refractivity contribution in [2.45, 2.75) is 19.4 Å². The first-order valence-electron chi connectivity index (χ1n) is 7.20. The number of hydrogen-bond donors (Lipinski definition) is 1. The maximum atomic E-state index is 13.0. The molecule has 0 radical (unpaired) electrons. The number of hydrogen-bond acceptors (Lipinski definition) is 2. The second kappa shape index (κ2) is 5.21. The summed E-state index contributed by atoms with van der Waals surface area (Å²) in [5.41, 5.74) is 3.18. The van der Waals surface area contributed by atoms with Crippen LogP contribution < -0.4 is 5.32 Å². The Morgan fingerprint density at radius 2 is 1.32 bits per heavy atom. The molecule has 0 saturated carbocycles. The van der Waals surface area contributed by atoms with Crippen molar-refractivity contribution in [1.82, 2.24) is 10.2 Å². The van der Waals surface area contributed by atoms with E-state index < -0.39 is 5.54 Å². The quantitative estimate of drug-likeness (QED) is 0.866. The van der Waals surface area contributed by atoms with Gasteiger partial charge >= 0.3 is 0 Å². The van der Waals surface area contributed by atoms with Crippen LogP contribution in [0.2, 0.25) is 0 Å². The average Bonchev–Trinajstić information content (AvgIpc) is 2.74. The standard InChI is InChI=1S/C18H18N2OS/c1-12-4-8-14(9-5-12)18(15-10-6-13(2)7-11-15)16(21)20(3)17(22)19-18/h4-11H,1-3H3,(H,19,22). The highest BCUT2D eigenvalue weighted by Gasteiger charge is 2.50. The molecule has 4 heteroatoms. The van der Waals surface area contributed by atoms with Crippen molar-refractivity contribution in [3.05, 3.63) is 70.8 Å². The summed E-state index contributed by atoms with van der Waals surface area (Å²) in [6.45, 7) is 4.06. The lowest BCUT2D eigenvalue weighted by Crippen LogP contribution is -2.44. The van der Waals surface area contributed by atoms with Crippen LogP contribution in [0.15, 0.2) is 48.5 Å². The number of thiocarbonyl (C=S) groups is 1. The molecule has 1 fully saturated rings. The number of rotatable bonds is 2. The summed E-state index contributed by atoms with van der Waals surface area (Å²) < 4.78 is 0. The zero-order chi connectivity index (χ0) is 15.9. The maximum absolute atomic E-state index is 13.0. The lowest BCUT2D eigenvalue weighted by atomic mass is 9.82. The summed E-state index contributed by atoms with van der Waals surface area (Å²) >= 11 is 5.31. The van der Waals surface area contributed by atoms with Gasteiger partial charge in [-0.25, -0.2) is 0 Å². The van der Waals surface area contributed by atoms with Crippen molar-refractivity contribution in [1.29, 1.82) is 0 Å². The third kappa shape index (κ3) is 2.11. The van der Waals surface area contributed by atoms with Gasteiger partial charge in [0.2, 0.25) is 0 Å². The molecule has 0 spiro atoms. The van der Waals surface area contributed by atoms with Crippen LogP contribution >= 0.6 is 12.2 Å². The fourth-order valence-corrected chi connectivity index (χ4v) is 3.04. The molecule has 1 aliphatic heterocycles. The molecule has 1 amide bonds. The number of aryl methyl sites for hydroxylation is 2. The van der Waals surface area contributed by atoms with Gasteiger partial charge < -0.3 is 5.32 Å². The highest BCUT2D eigenvalue weighted by atomic mass is 32.1. The van der Waals surface area contributed by atoms with E-state index in [1.807, 2.05) is 62.4 Å². The fourth-order valence-electron chi connectivity index (χ4n) is 2.81. The van der Waals surface area contributed by atoms with E-state index in [1.54, 1.807) is 7.05 Å². The number of likely N-dealkylation sites (N-methyl/N-ethyl adjacent to an activating group) is 1. The van der Waals surface area contributed by atoms with E-state index >= 15 is 0 Å². The van der Waals surface area contributed by atoms with Gasteiger partial charge in [-0.05, 0) is 37.2 Å². The van der Waals surface area contributed by atoms with Crippen LogP contribution in [0.4, 0.5) is 0 Å². The zero-order valence-corrected chi connectivity index (χ0v) is 13.7. The van der Waals surface area contributed by atoms with Gasteiger partial charge in [-0.15, -0.1) is 0 Å². The van der Waals surface area contributed by atoms with Crippen molar-refractivity contribution >= 4 is 23.2 Å². The second-order valence-corrected chi connectivity index (χ2v) is 6.16. The predicted octanol–water partition coefficient (Wildman–Crippen LogP) is 2.89. The molecule has 2 aromatic carbocycles. The molecular formula is C18H18N2OS. The Balaban J connectivity index is 2.23.